The van der Waals surface area contributed by atoms with Crippen LogP contribution in [0.2, 0.25) is 0 Å². The molecule has 0 saturated carbocycles. The molecule has 0 aliphatic heterocycles. The number of methoxy groups -OCH3 is 3. The summed E-state index contributed by atoms with van der Waals surface area (Å²) < 4.78 is 39.6. The lowest BCUT2D eigenvalue weighted by Crippen LogP contribution is -2.21. The van der Waals surface area contributed by atoms with Gasteiger partial charge in [-0.15, -0.1) is 0 Å². The first-order chi connectivity index (χ1) is 28.1. The number of carbonyl (C=O) groups is 1. The number of benzene rings is 4. The van der Waals surface area contributed by atoms with Crippen LogP contribution in [0.4, 0.5) is 16.2 Å². The second-order valence-electron chi connectivity index (χ2n) is 14.1. The maximum Gasteiger partial charge on any atom is 0.323 e. The molecule has 0 fully saturated rings. The normalized spacial score (nSPS) is 11.3. The van der Waals surface area contributed by atoms with Crippen LogP contribution in [0.15, 0.2) is 85.2 Å². The number of nitrogens with one attached hydrogen (secondary N) is 3. The van der Waals surface area contributed by atoms with Crippen molar-refractivity contribution in [2.45, 2.75) is 32.6 Å². The van der Waals surface area contributed by atoms with Crippen LogP contribution in [0.1, 0.15) is 37.7 Å². The zero-order valence-corrected chi connectivity index (χ0v) is 33.6. The van der Waals surface area contributed by atoms with Gasteiger partial charge in [0.25, 0.3) is 0 Å². The monoisotopic (exact) mass is 791 g/mol. The van der Waals surface area contributed by atoms with E-state index in [1.54, 1.807) is 51.9 Å². The number of carbonyl (C=O) groups excluding carboxylic acids is 1. The number of aromatic nitrogens is 5. The molecular formula is C43H49N7O8. The number of urea groups is 1. The van der Waals surface area contributed by atoms with E-state index in [1.807, 2.05) is 54.6 Å². The number of amides is 2. The number of fused-ring (bicyclic) bond motifs is 1. The lowest BCUT2D eigenvalue weighted by atomic mass is 9.85. The van der Waals surface area contributed by atoms with Gasteiger partial charge in [-0.2, -0.15) is 20.4 Å². The van der Waals surface area contributed by atoms with Gasteiger partial charge in [-0.1, -0.05) is 45.0 Å². The van der Waals surface area contributed by atoms with Crippen molar-refractivity contribution in [1.29, 1.82) is 0 Å². The van der Waals surface area contributed by atoms with Crippen molar-refractivity contribution in [3.05, 3.63) is 102 Å². The Bertz CT molecular complexity index is 2280. The van der Waals surface area contributed by atoms with Crippen LogP contribution in [-0.4, -0.2) is 92.4 Å². The average Bonchev–Trinajstić information content (AvgIpc) is 3.76. The number of hydrogen-bond acceptors (Lipinski definition) is 12. The van der Waals surface area contributed by atoms with E-state index in [-0.39, 0.29) is 5.41 Å². The zero-order valence-electron chi connectivity index (χ0n) is 33.6. The lowest BCUT2D eigenvalue weighted by molar-refractivity contribution is 0.0179. The van der Waals surface area contributed by atoms with Crippen molar-refractivity contribution in [3.8, 4) is 40.1 Å². The summed E-state index contributed by atoms with van der Waals surface area (Å²) in [5.41, 5.74) is 4.03. The fraction of sp³-hybridized carbons (Fsp3) is 0.326. The summed E-state index contributed by atoms with van der Waals surface area (Å²) in [5.74, 6) is 3.23. The van der Waals surface area contributed by atoms with Gasteiger partial charge in [-0.25, -0.2) is 9.78 Å². The molecule has 0 aliphatic carbocycles. The van der Waals surface area contributed by atoms with Crippen LogP contribution >= 0.6 is 0 Å². The number of anilines is 2. The van der Waals surface area contributed by atoms with E-state index in [2.05, 4.69) is 51.8 Å². The van der Waals surface area contributed by atoms with Crippen molar-refractivity contribution < 1.29 is 38.0 Å². The lowest BCUT2D eigenvalue weighted by Gasteiger charge is -2.23. The van der Waals surface area contributed by atoms with Gasteiger partial charge in [0.15, 0.2) is 5.75 Å². The molecule has 0 radical (unpaired) electrons. The second-order valence-corrected chi connectivity index (χ2v) is 14.1. The highest BCUT2D eigenvalue weighted by Crippen LogP contribution is 2.40. The minimum atomic E-state index is -0.450. The number of rotatable bonds is 19. The molecule has 0 bridgehead atoms. The molecule has 6 aromatic rings. The topological polar surface area (TPSA) is 173 Å². The third-order valence-corrected chi connectivity index (χ3v) is 8.96. The molecule has 0 saturated heterocycles. The smallest absolute Gasteiger partial charge is 0.323 e. The van der Waals surface area contributed by atoms with Gasteiger partial charge in [0, 0.05) is 48.2 Å². The van der Waals surface area contributed by atoms with E-state index in [9.17, 15) is 4.79 Å². The first kappa shape index (κ1) is 41.3. The van der Waals surface area contributed by atoms with Crippen LogP contribution < -0.4 is 29.6 Å². The van der Waals surface area contributed by atoms with E-state index in [0.29, 0.717) is 103 Å². The van der Waals surface area contributed by atoms with Gasteiger partial charge in [-0.3, -0.25) is 0 Å². The summed E-state index contributed by atoms with van der Waals surface area (Å²) in [7, 11) is 4.80. The SMILES string of the molecule is COCCOCCOCCOc1cc(Cc2nccc(Oc3ccc(NC(=O)Nc4cc(C(C)(C)C)cc(-c5cn[nH]n5)c4OC)c4ccccc34)n2)cc(OC)c1. The molecular weight excluding hydrogens is 743 g/mol. The molecule has 304 valence electrons. The van der Waals surface area contributed by atoms with Gasteiger partial charge in [0.1, 0.15) is 35.4 Å². The summed E-state index contributed by atoms with van der Waals surface area (Å²) in [6, 6.07) is 22.1. The summed E-state index contributed by atoms with van der Waals surface area (Å²) in [6.45, 7) is 9.11. The van der Waals surface area contributed by atoms with Crippen LogP contribution in [-0.2, 0) is 26.0 Å². The second kappa shape index (κ2) is 19.7. The number of ether oxygens (including phenoxy) is 7. The molecule has 15 nitrogen and oxygen atoms in total. The standard InChI is InChI=1S/C43H49N7O8/c1-43(2,3)29-24-34(37-27-45-50-49-37)41(54-6)36(25-29)47-42(51)46-35-11-12-38(33-10-8-7-9-32(33)35)58-40-13-14-44-39(48-40)23-28-21-30(53-5)26-31(22-28)57-20-19-56-18-17-55-16-15-52-4/h7-14,21-22,24-27H,15-20,23H2,1-6H3,(H,45,49,50)(H2,46,47,51). The van der Waals surface area contributed by atoms with Gasteiger partial charge in [0.05, 0.1) is 64.8 Å². The summed E-state index contributed by atoms with van der Waals surface area (Å²) in [5, 5.41) is 18.4. The Morgan fingerprint density at radius 1 is 0.776 bits per heavy atom. The van der Waals surface area contributed by atoms with Crippen LogP contribution in [0.25, 0.3) is 22.0 Å². The van der Waals surface area contributed by atoms with E-state index in [1.165, 1.54) is 0 Å². The largest absolute Gasteiger partial charge is 0.497 e. The highest BCUT2D eigenvalue weighted by molar-refractivity contribution is 6.08. The highest BCUT2D eigenvalue weighted by atomic mass is 16.6. The summed E-state index contributed by atoms with van der Waals surface area (Å²) >= 11 is 0. The summed E-state index contributed by atoms with van der Waals surface area (Å²) in [6.07, 6.45) is 3.68. The molecule has 6 rings (SSSR count). The van der Waals surface area contributed by atoms with E-state index in [0.717, 1.165) is 21.9 Å². The molecule has 2 heterocycles. The van der Waals surface area contributed by atoms with Crippen LogP contribution in [0.5, 0.6) is 28.9 Å². The number of nitrogens with zero attached hydrogens (tertiary/aromatic N) is 4. The first-order valence-corrected chi connectivity index (χ1v) is 18.8. The van der Waals surface area contributed by atoms with Crippen molar-refractivity contribution in [2.75, 3.05) is 71.6 Å². The Kier molecular flexibility index (Phi) is 14.1. The van der Waals surface area contributed by atoms with E-state index < -0.39 is 6.03 Å². The van der Waals surface area contributed by atoms with Crippen molar-refractivity contribution in [3.63, 3.8) is 0 Å². The third kappa shape index (κ3) is 11.0. The molecule has 15 heteroatoms. The van der Waals surface area contributed by atoms with Gasteiger partial charge < -0.3 is 43.8 Å². The Balaban J connectivity index is 1.13. The molecule has 3 N–H and O–H groups in total. The maximum absolute atomic E-state index is 13.6. The minimum Gasteiger partial charge on any atom is -0.497 e. The third-order valence-electron chi connectivity index (χ3n) is 8.96. The molecule has 2 amide bonds. The quantitative estimate of drug-likeness (QED) is 0.0680. The predicted molar refractivity (Wildman–Crippen MR) is 221 cm³/mol. The Morgan fingerprint density at radius 2 is 1.52 bits per heavy atom. The van der Waals surface area contributed by atoms with Crippen molar-refractivity contribution in [2.24, 2.45) is 0 Å². The van der Waals surface area contributed by atoms with E-state index in [4.69, 9.17) is 38.1 Å². The fourth-order valence-electron chi connectivity index (χ4n) is 6.08. The van der Waals surface area contributed by atoms with Crippen LogP contribution in [0.3, 0.4) is 0 Å². The first-order valence-electron chi connectivity index (χ1n) is 18.8. The summed E-state index contributed by atoms with van der Waals surface area (Å²) in [4.78, 5) is 22.8. The fourth-order valence-corrected chi connectivity index (χ4v) is 6.08. The number of hydrogen-bond donors (Lipinski definition) is 3. The Hall–Kier alpha value is -6.29. The molecule has 2 aromatic heterocycles. The molecule has 0 atom stereocenters. The molecule has 58 heavy (non-hydrogen) atoms. The molecule has 0 aliphatic rings. The van der Waals surface area contributed by atoms with Crippen LogP contribution in [0, 0.1) is 0 Å². The number of H-pyrrole nitrogens is 1. The molecule has 0 unspecified atom stereocenters. The average molecular weight is 792 g/mol. The minimum absolute atomic E-state index is 0.224. The highest BCUT2D eigenvalue weighted by Gasteiger charge is 2.23. The van der Waals surface area contributed by atoms with Crippen molar-refractivity contribution >= 4 is 28.2 Å². The molecule has 0 spiro atoms. The number of aromatic amines is 1. The predicted octanol–water partition coefficient (Wildman–Crippen LogP) is 7.82. The Morgan fingerprint density at radius 3 is 2.24 bits per heavy atom. The zero-order chi connectivity index (χ0) is 40.9. The van der Waals surface area contributed by atoms with Gasteiger partial charge in [0.2, 0.25) is 5.88 Å². The van der Waals surface area contributed by atoms with Crippen molar-refractivity contribution in [1.82, 2.24) is 25.4 Å². The Labute approximate surface area is 337 Å². The van der Waals surface area contributed by atoms with Gasteiger partial charge in [-0.05, 0) is 52.9 Å². The maximum atomic E-state index is 13.6. The molecule has 4 aromatic carbocycles. The van der Waals surface area contributed by atoms with Gasteiger partial charge >= 0.3 is 6.03 Å². The van der Waals surface area contributed by atoms with E-state index >= 15 is 0 Å².